The summed E-state index contributed by atoms with van der Waals surface area (Å²) in [6.45, 7) is 1.05. The van der Waals surface area contributed by atoms with Gasteiger partial charge in [-0.25, -0.2) is 4.79 Å². The Morgan fingerprint density at radius 2 is 1.96 bits per heavy atom. The maximum absolute atomic E-state index is 12.1. The third-order valence-corrected chi connectivity index (χ3v) is 5.47. The smallest absolute Gasteiger partial charge is 0.347 e. The number of fused-ring (bicyclic) bond motifs is 1. The van der Waals surface area contributed by atoms with Gasteiger partial charge in [0.1, 0.15) is 16.8 Å². The number of benzene rings is 1. The first-order valence-electron chi connectivity index (χ1n) is 8.69. The molecule has 8 heteroatoms. The van der Waals surface area contributed by atoms with Crippen LogP contribution >= 0.6 is 11.3 Å². The summed E-state index contributed by atoms with van der Waals surface area (Å²) in [6, 6.07) is 10.4. The molecule has 3 rings (SSSR count). The molecule has 1 aliphatic carbocycles. The van der Waals surface area contributed by atoms with Crippen LogP contribution in [0.25, 0.3) is 0 Å². The van der Waals surface area contributed by atoms with Crippen molar-refractivity contribution in [3.63, 3.8) is 0 Å². The van der Waals surface area contributed by atoms with Crippen LogP contribution in [0.4, 0.5) is 5.00 Å². The quantitative estimate of drug-likeness (QED) is 0.753. The lowest BCUT2D eigenvalue weighted by molar-refractivity contribution is -0.153. The highest BCUT2D eigenvalue weighted by Gasteiger charge is 2.24. The number of nitrogens with zero attached hydrogens (tertiary/aromatic N) is 2. The van der Waals surface area contributed by atoms with Gasteiger partial charge in [0.05, 0.1) is 17.2 Å². The number of hydrogen-bond acceptors (Lipinski definition) is 7. The molecule has 28 heavy (non-hydrogen) atoms. The predicted molar refractivity (Wildman–Crippen MR) is 102 cm³/mol. The summed E-state index contributed by atoms with van der Waals surface area (Å²) in [5, 5.41) is 21.3. The van der Waals surface area contributed by atoms with E-state index in [-0.39, 0.29) is 0 Å². The number of esters is 1. The van der Waals surface area contributed by atoms with Crippen molar-refractivity contribution >= 4 is 28.2 Å². The summed E-state index contributed by atoms with van der Waals surface area (Å²) < 4.78 is 10.4. The molecule has 0 saturated carbocycles. The van der Waals surface area contributed by atoms with Gasteiger partial charge in [0.25, 0.3) is 5.91 Å². The number of carbonyl (C=O) groups excluding carboxylic acids is 2. The minimum atomic E-state index is -0.916. The molecule has 1 atom stereocenters. The summed E-state index contributed by atoms with van der Waals surface area (Å²) in [5.41, 5.74) is 2.01. The van der Waals surface area contributed by atoms with Crippen molar-refractivity contribution in [2.45, 2.75) is 32.3 Å². The molecule has 1 aromatic carbocycles. The average molecular weight is 395 g/mol. The number of aryl methyl sites for hydroxylation is 1. The number of anilines is 1. The maximum atomic E-state index is 12.1. The van der Waals surface area contributed by atoms with Crippen molar-refractivity contribution in [1.82, 2.24) is 0 Å². The molecule has 1 aliphatic rings. The molecule has 0 fully saturated rings. The van der Waals surface area contributed by atoms with E-state index >= 15 is 0 Å². The molecule has 0 saturated heterocycles. The second kappa shape index (κ2) is 8.55. The first-order valence-corrected chi connectivity index (χ1v) is 9.51. The van der Waals surface area contributed by atoms with Crippen molar-refractivity contribution in [3.8, 4) is 17.9 Å². The Labute approximate surface area is 166 Å². The molecule has 0 aliphatic heterocycles. The van der Waals surface area contributed by atoms with Crippen LogP contribution in [0.15, 0.2) is 24.3 Å². The predicted octanol–water partition coefficient (Wildman–Crippen LogP) is 2.93. The van der Waals surface area contributed by atoms with E-state index in [9.17, 15) is 14.9 Å². The number of amides is 1. The fourth-order valence-electron chi connectivity index (χ4n) is 2.89. The molecule has 1 heterocycles. The van der Waals surface area contributed by atoms with Crippen LogP contribution in [0.5, 0.6) is 5.75 Å². The van der Waals surface area contributed by atoms with Crippen LogP contribution in [0.1, 0.15) is 34.9 Å². The largest absolute Gasteiger partial charge is 0.479 e. The van der Waals surface area contributed by atoms with Crippen molar-refractivity contribution in [2.24, 2.45) is 0 Å². The summed E-state index contributed by atoms with van der Waals surface area (Å²) in [4.78, 5) is 25.3. The third-order valence-electron chi connectivity index (χ3n) is 4.26. The second-order valence-corrected chi connectivity index (χ2v) is 7.33. The Hall–Kier alpha value is -3.36. The van der Waals surface area contributed by atoms with Crippen LogP contribution < -0.4 is 10.1 Å². The summed E-state index contributed by atoms with van der Waals surface area (Å²) in [7, 11) is 0. The minimum Gasteiger partial charge on any atom is -0.479 e. The van der Waals surface area contributed by atoms with E-state index in [1.54, 1.807) is 24.3 Å². The Morgan fingerprint density at radius 3 is 2.64 bits per heavy atom. The lowest BCUT2D eigenvalue weighted by atomic mass is 10.1. The number of ether oxygens (including phenoxy) is 2. The molecule has 0 unspecified atom stereocenters. The van der Waals surface area contributed by atoms with Gasteiger partial charge in [-0.15, -0.1) is 11.3 Å². The monoisotopic (exact) mass is 395 g/mol. The van der Waals surface area contributed by atoms with Gasteiger partial charge in [-0.2, -0.15) is 10.5 Å². The van der Waals surface area contributed by atoms with E-state index in [2.05, 4.69) is 11.4 Å². The van der Waals surface area contributed by atoms with Gasteiger partial charge in [0.15, 0.2) is 12.7 Å². The van der Waals surface area contributed by atoms with E-state index in [1.807, 2.05) is 6.07 Å². The lowest BCUT2D eigenvalue weighted by Crippen LogP contribution is -2.29. The number of hydrogen-bond donors (Lipinski definition) is 1. The van der Waals surface area contributed by atoms with Gasteiger partial charge in [-0.3, -0.25) is 4.79 Å². The Bertz CT molecular complexity index is 983. The van der Waals surface area contributed by atoms with Gasteiger partial charge in [-0.05, 0) is 56.0 Å². The summed E-state index contributed by atoms with van der Waals surface area (Å²) in [6.07, 6.45) is 1.88. The Balaban J connectivity index is 1.51. The SMILES string of the molecule is C[C@H](Oc1ccc(C#N)cc1)C(=O)OCC(=O)Nc1sc2c(c1C#N)CCC2. The van der Waals surface area contributed by atoms with E-state index in [0.717, 1.165) is 29.7 Å². The molecule has 142 valence electrons. The average Bonchev–Trinajstić information content (AvgIpc) is 3.27. The van der Waals surface area contributed by atoms with Crippen molar-refractivity contribution in [2.75, 3.05) is 11.9 Å². The van der Waals surface area contributed by atoms with Crippen molar-refractivity contribution in [1.29, 1.82) is 10.5 Å². The molecule has 2 aromatic rings. The molecule has 0 radical (unpaired) electrons. The van der Waals surface area contributed by atoms with Crippen LogP contribution in [0.3, 0.4) is 0 Å². The molecule has 0 bridgehead atoms. The zero-order chi connectivity index (χ0) is 20.1. The molecule has 1 amide bonds. The number of thiophene rings is 1. The zero-order valence-corrected chi connectivity index (χ0v) is 16.0. The lowest BCUT2D eigenvalue weighted by Gasteiger charge is -2.14. The highest BCUT2D eigenvalue weighted by atomic mass is 32.1. The fraction of sp³-hybridized carbons (Fsp3) is 0.300. The summed E-state index contributed by atoms with van der Waals surface area (Å²) >= 11 is 1.40. The fourth-order valence-corrected chi connectivity index (χ4v) is 4.14. The van der Waals surface area contributed by atoms with E-state index in [1.165, 1.54) is 18.3 Å². The molecule has 1 aromatic heterocycles. The topological polar surface area (TPSA) is 112 Å². The van der Waals surface area contributed by atoms with Crippen LogP contribution in [-0.4, -0.2) is 24.6 Å². The van der Waals surface area contributed by atoms with E-state index in [0.29, 0.717) is 21.9 Å². The zero-order valence-electron chi connectivity index (χ0n) is 15.2. The minimum absolute atomic E-state index is 0.416. The summed E-state index contributed by atoms with van der Waals surface area (Å²) in [5.74, 6) is -0.774. The van der Waals surface area contributed by atoms with Gasteiger partial charge in [-0.1, -0.05) is 0 Å². The molecule has 7 nitrogen and oxygen atoms in total. The normalized spacial score (nSPS) is 13.0. The third kappa shape index (κ3) is 4.30. The molecular weight excluding hydrogens is 378 g/mol. The maximum Gasteiger partial charge on any atom is 0.347 e. The van der Waals surface area contributed by atoms with Crippen molar-refractivity contribution < 1.29 is 19.1 Å². The Kier molecular flexibility index (Phi) is 5.93. The highest BCUT2D eigenvalue weighted by Crippen LogP contribution is 2.38. The highest BCUT2D eigenvalue weighted by molar-refractivity contribution is 7.16. The van der Waals surface area contributed by atoms with Gasteiger partial charge < -0.3 is 14.8 Å². The number of carbonyl (C=O) groups is 2. The van der Waals surface area contributed by atoms with Crippen LogP contribution in [0.2, 0.25) is 0 Å². The molecular formula is C20H17N3O4S. The van der Waals surface area contributed by atoms with Gasteiger partial charge in [0, 0.05) is 4.88 Å². The number of nitriles is 2. The second-order valence-electron chi connectivity index (χ2n) is 6.23. The van der Waals surface area contributed by atoms with Crippen LogP contribution in [0, 0.1) is 22.7 Å². The van der Waals surface area contributed by atoms with Crippen molar-refractivity contribution in [3.05, 3.63) is 45.8 Å². The van der Waals surface area contributed by atoms with E-state index < -0.39 is 24.6 Å². The van der Waals surface area contributed by atoms with Gasteiger partial charge in [0.2, 0.25) is 0 Å². The van der Waals surface area contributed by atoms with Gasteiger partial charge >= 0.3 is 5.97 Å². The van der Waals surface area contributed by atoms with Crippen LogP contribution in [-0.2, 0) is 27.2 Å². The number of rotatable bonds is 6. The van der Waals surface area contributed by atoms with E-state index in [4.69, 9.17) is 14.7 Å². The number of nitrogens with one attached hydrogen (secondary N) is 1. The first kappa shape index (κ1) is 19.4. The first-order chi connectivity index (χ1) is 13.5. The Morgan fingerprint density at radius 1 is 1.21 bits per heavy atom. The molecule has 1 N–H and O–H groups in total. The standard InChI is InChI=1S/C20H17N3O4S/c1-12(27-14-7-5-13(9-21)6-8-14)20(25)26-11-18(24)23-19-16(10-22)15-3-2-4-17(15)28-19/h5-8,12H,2-4,11H2,1H3,(H,23,24)/t12-/m0/s1. The molecule has 0 spiro atoms.